The van der Waals surface area contributed by atoms with Crippen molar-refractivity contribution in [2.24, 2.45) is 0 Å². The number of rotatable bonds is 2. The maximum atomic E-state index is 12.9. The average molecular weight is 315 g/mol. The van der Waals surface area contributed by atoms with Crippen LogP contribution in [0.2, 0.25) is 0 Å². The van der Waals surface area contributed by atoms with E-state index in [1.807, 2.05) is 19.9 Å². The lowest BCUT2D eigenvalue weighted by molar-refractivity contribution is -0.141. The van der Waals surface area contributed by atoms with Crippen LogP contribution >= 0.6 is 11.3 Å². The van der Waals surface area contributed by atoms with Crippen molar-refractivity contribution in [3.63, 3.8) is 0 Å². The van der Waals surface area contributed by atoms with E-state index in [0.29, 0.717) is 16.9 Å². The van der Waals surface area contributed by atoms with E-state index in [1.165, 1.54) is 0 Å². The molecule has 0 radical (unpaired) electrons. The van der Waals surface area contributed by atoms with Gasteiger partial charge in [0.05, 0.1) is 0 Å². The zero-order valence-corrected chi connectivity index (χ0v) is 12.3. The standard InChI is InChI=1S/C14H12F3NO2S/c1-6-4-8(3)9(5-7(6)2)12-18-11(14(15,16)17)10(21-12)13(19)20/h4-5H,1-3H3,(H,19,20). The number of carboxylic acids is 1. The Morgan fingerprint density at radius 2 is 1.71 bits per heavy atom. The van der Waals surface area contributed by atoms with Gasteiger partial charge in [0, 0.05) is 5.56 Å². The third-order valence-electron chi connectivity index (χ3n) is 3.16. The summed E-state index contributed by atoms with van der Waals surface area (Å²) in [5.74, 6) is -1.62. The Hall–Kier alpha value is -1.89. The molecular weight excluding hydrogens is 303 g/mol. The molecule has 0 fully saturated rings. The summed E-state index contributed by atoms with van der Waals surface area (Å²) < 4.78 is 38.6. The lowest BCUT2D eigenvalue weighted by atomic mass is 10.0. The van der Waals surface area contributed by atoms with Crippen LogP contribution in [0.15, 0.2) is 12.1 Å². The van der Waals surface area contributed by atoms with Gasteiger partial charge in [0.25, 0.3) is 0 Å². The first-order valence-electron chi connectivity index (χ1n) is 6.00. The topological polar surface area (TPSA) is 50.2 Å². The lowest BCUT2D eigenvalue weighted by Gasteiger charge is -2.07. The number of hydrogen-bond acceptors (Lipinski definition) is 3. The third kappa shape index (κ3) is 2.92. The van der Waals surface area contributed by atoms with Gasteiger partial charge < -0.3 is 5.11 Å². The highest BCUT2D eigenvalue weighted by Gasteiger charge is 2.39. The van der Waals surface area contributed by atoms with Gasteiger partial charge in [-0.2, -0.15) is 13.2 Å². The highest BCUT2D eigenvalue weighted by atomic mass is 32.1. The summed E-state index contributed by atoms with van der Waals surface area (Å²) in [5.41, 5.74) is 1.88. The first-order valence-corrected chi connectivity index (χ1v) is 6.82. The molecule has 2 rings (SSSR count). The van der Waals surface area contributed by atoms with Crippen LogP contribution in [-0.4, -0.2) is 16.1 Å². The van der Waals surface area contributed by atoms with Crippen LogP contribution in [0.4, 0.5) is 13.2 Å². The number of aryl methyl sites for hydroxylation is 3. The van der Waals surface area contributed by atoms with Gasteiger partial charge in [-0.1, -0.05) is 6.07 Å². The molecule has 21 heavy (non-hydrogen) atoms. The van der Waals surface area contributed by atoms with Crippen molar-refractivity contribution in [3.8, 4) is 10.6 Å². The Morgan fingerprint density at radius 3 is 2.19 bits per heavy atom. The predicted octanol–water partition coefficient (Wildman–Crippen LogP) is 4.45. The minimum atomic E-state index is -4.78. The second kappa shape index (κ2) is 5.14. The number of alkyl halides is 3. The number of hydrogen-bond donors (Lipinski definition) is 1. The van der Waals surface area contributed by atoms with Crippen molar-refractivity contribution in [2.75, 3.05) is 0 Å². The van der Waals surface area contributed by atoms with Gasteiger partial charge in [0.2, 0.25) is 0 Å². The van der Waals surface area contributed by atoms with Crippen LogP contribution in [0.5, 0.6) is 0 Å². The normalized spacial score (nSPS) is 11.7. The number of nitrogens with zero attached hydrogens (tertiary/aromatic N) is 1. The second-order valence-corrected chi connectivity index (χ2v) is 5.75. The number of carboxylic acid groups (broad SMARTS) is 1. The average Bonchev–Trinajstić information content (AvgIpc) is 2.78. The van der Waals surface area contributed by atoms with E-state index in [1.54, 1.807) is 13.0 Å². The minimum absolute atomic E-state index is 0.0697. The molecule has 0 aliphatic carbocycles. The fraction of sp³-hybridized carbons (Fsp3) is 0.286. The Bertz CT molecular complexity index is 720. The molecule has 0 spiro atoms. The highest BCUT2D eigenvalue weighted by molar-refractivity contribution is 7.17. The van der Waals surface area contributed by atoms with Crippen LogP contribution in [-0.2, 0) is 6.18 Å². The molecule has 3 nitrogen and oxygen atoms in total. The van der Waals surface area contributed by atoms with E-state index in [4.69, 9.17) is 5.11 Å². The summed E-state index contributed by atoms with van der Waals surface area (Å²) in [6.45, 7) is 5.50. The number of carbonyl (C=O) groups is 1. The zero-order chi connectivity index (χ0) is 15.9. The number of thiazole rings is 1. The van der Waals surface area contributed by atoms with Crippen LogP contribution in [0.1, 0.15) is 32.1 Å². The van der Waals surface area contributed by atoms with Gasteiger partial charge >= 0.3 is 12.1 Å². The zero-order valence-electron chi connectivity index (χ0n) is 11.5. The second-order valence-electron chi connectivity index (χ2n) is 4.75. The quantitative estimate of drug-likeness (QED) is 0.890. The number of benzene rings is 1. The molecule has 1 aromatic heterocycles. The van der Waals surface area contributed by atoms with Crippen LogP contribution in [0, 0.1) is 20.8 Å². The van der Waals surface area contributed by atoms with E-state index in [2.05, 4.69) is 4.98 Å². The van der Waals surface area contributed by atoms with Crippen molar-refractivity contribution in [3.05, 3.63) is 39.4 Å². The van der Waals surface area contributed by atoms with Gasteiger partial charge in [-0.25, -0.2) is 9.78 Å². The maximum Gasteiger partial charge on any atom is 0.435 e. The monoisotopic (exact) mass is 315 g/mol. The maximum absolute atomic E-state index is 12.9. The molecular formula is C14H12F3NO2S. The van der Waals surface area contributed by atoms with Crippen molar-refractivity contribution >= 4 is 17.3 Å². The van der Waals surface area contributed by atoms with E-state index >= 15 is 0 Å². The summed E-state index contributed by atoms with van der Waals surface area (Å²) >= 11 is 0.546. The minimum Gasteiger partial charge on any atom is -0.477 e. The lowest BCUT2D eigenvalue weighted by Crippen LogP contribution is -2.11. The van der Waals surface area contributed by atoms with Crippen LogP contribution in [0.25, 0.3) is 10.6 Å². The van der Waals surface area contributed by atoms with Crippen LogP contribution in [0.3, 0.4) is 0 Å². The summed E-state index contributed by atoms with van der Waals surface area (Å²) in [6, 6.07) is 3.58. The summed E-state index contributed by atoms with van der Waals surface area (Å²) in [4.78, 5) is 13.7. The van der Waals surface area contributed by atoms with E-state index in [9.17, 15) is 18.0 Å². The highest BCUT2D eigenvalue weighted by Crippen LogP contribution is 2.38. The Morgan fingerprint density at radius 1 is 1.14 bits per heavy atom. The number of aromatic nitrogens is 1. The molecule has 0 bridgehead atoms. The Labute approximate surface area is 123 Å². The smallest absolute Gasteiger partial charge is 0.435 e. The Balaban J connectivity index is 2.66. The van der Waals surface area contributed by atoms with Gasteiger partial charge in [-0.05, 0) is 43.5 Å². The summed E-state index contributed by atoms with van der Waals surface area (Å²) in [6.07, 6.45) is -4.78. The summed E-state index contributed by atoms with van der Waals surface area (Å²) in [5, 5.41) is 9.00. The summed E-state index contributed by atoms with van der Waals surface area (Å²) in [7, 11) is 0. The van der Waals surface area contributed by atoms with Crippen molar-refractivity contribution in [2.45, 2.75) is 26.9 Å². The van der Waals surface area contributed by atoms with Gasteiger partial charge in [-0.3, -0.25) is 0 Å². The molecule has 1 N–H and O–H groups in total. The third-order valence-corrected chi connectivity index (χ3v) is 4.24. The molecule has 0 atom stereocenters. The van der Waals surface area contributed by atoms with Crippen molar-refractivity contribution < 1.29 is 23.1 Å². The SMILES string of the molecule is Cc1cc(C)c(-c2nc(C(F)(F)F)c(C(=O)O)s2)cc1C. The largest absolute Gasteiger partial charge is 0.477 e. The number of aromatic carboxylic acids is 1. The molecule has 0 saturated carbocycles. The van der Waals surface area contributed by atoms with E-state index < -0.39 is 22.7 Å². The first-order chi connectivity index (χ1) is 9.61. The van der Waals surface area contributed by atoms with Crippen molar-refractivity contribution in [1.82, 2.24) is 4.98 Å². The fourth-order valence-electron chi connectivity index (χ4n) is 1.96. The molecule has 0 aliphatic rings. The molecule has 7 heteroatoms. The molecule has 1 heterocycles. The fourth-order valence-corrected chi connectivity index (χ4v) is 2.97. The number of halogens is 3. The van der Waals surface area contributed by atoms with E-state index in [-0.39, 0.29) is 5.01 Å². The van der Waals surface area contributed by atoms with Gasteiger partial charge in [-0.15, -0.1) is 11.3 Å². The molecule has 0 saturated heterocycles. The van der Waals surface area contributed by atoms with Gasteiger partial charge in [0.15, 0.2) is 5.69 Å². The molecule has 2 aromatic rings. The van der Waals surface area contributed by atoms with Gasteiger partial charge in [0.1, 0.15) is 9.88 Å². The van der Waals surface area contributed by atoms with Crippen molar-refractivity contribution in [1.29, 1.82) is 0 Å². The molecule has 0 aliphatic heterocycles. The van der Waals surface area contributed by atoms with E-state index in [0.717, 1.165) is 16.7 Å². The Kier molecular flexibility index (Phi) is 3.79. The van der Waals surface area contributed by atoms with Crippen LogP contribution < -0.4 is 0 Å². The molecule has 112 valence electrons. The predicted molar refractivity (Wildman–Crippen MR) is 73.7 cm³/mol. The first kappa shape index (κ1) is 15.5. The molecule has 0 amide bonds. The molecule has 0 unspecified atom stereocenters. The molecule has 1 aromatic carbocycles.